The second kappa shape index (κ2) is 7.68. The van der Waals surface area contributed by atoms with Gasteiger partial charge in [0.05, 0.1) is 11.6 Å². The molecule has 1 fully saturated rings. The predicted molar refractivity (Wildman–Crippen MR) is 107 cm³/mol. The molecule has 0 saturated carbocycles. The Hall–Kier alpha value is -3.58. The van der Waals surface area contributed by atoms with Gasteiger partial charge in [0.2, 0.25) is 0 Å². The lowest BCUT2D eigenvalue weighted by molar-refractivity contribution is -0.132. The molecule has 1 aromatic heterocycles. The van der Waals surface area contributed by atoms with Crippen molar-refractivity contribution in [2.24, 2.45) is 0 Å². The molecular weight excluding hydrogens is 414 g/mol. The smallest absolute Gasteiger partial charge is 0.300 e. The van der Waals surface area contributed by atoms with Crippen LogP contribution in [0.5, 0.6) is 0 Å². The maximum Gasteiger partial charge on any atom is 0.300 e. The van der Waals surface area contributed by atoms with Crippen molar-refractivity contribution in [1.29, 1.82) is 0 Å². The van der Waals surface area contributed by atoms with E-state index in [0.29, 0.717) is 10.6 Å². The van der Waals surface area contributed by atoms with Crippen LogP contribution < -0.4 is 4.90 Å². The highest BCUT2D eigenvalue weighted by atomic mass is 35.5. The highest BCUT2D eigenvalue weighted by Crippen LogP contribution is 2.42. The monoisotopic (exact) mass is 426 g/mol. The molecule has 0 bridgehead atoms. The zero-order valence-corrected chi connectivity index (χ0v) is 16.0. The summed E-state index contributed by atoms with van der Waals surface area (Å²) in [5, 5.41) is 11.2. The third kappa shape index (κ3) is 3.33. The van der Waals surface area contributed by atoms with Crippen LogP contribution in [0.4, 0.5) is 14.5 Å². The average Bonchev–Trinajstić information content (AvgIpc) is 3.01. The van der Waals surface area contributed by atoms with E-state index in [1.54, 1.807) is 24.3 Å². The van der Waals surface area contributed by atoms with Crippen molar-refractivity contribution in [2.45, 2.75) is 6.04 Å². The number of Topliss-reactive ketones (excluding diaryl/α,β-unsaturated/α-hetero) is 1. The van der Waals surface area contributed by atoms with E-state index >= 15 is 0 Å². The van der Waals surface area contributed by atoms with E-state index in [0.717, 1.165) is 17.0 Å². The number of amides is 1. The van der Waals surface area contributed by atoms with Crippen LogP contribution in [0.2, 0.25) is 5.02 Å². The molecule has 0 aliphatic carbocycles. The van der Waals surface area contributed by atoms with Crippen molar-refractivity contribution < 1.29 is 23.5 Å². The van der Waals surface area contributed by atoms with Gasteiger partial charge in [-0.25, -0.2) is 8.78 Å². The maximum absolute atomic E-state index is 13.9. The fourth-order valence-corrected chi connectivity index (χ4v) is 3.57. The van der Waals surface area contributed by atoms with Crippen molar-refractivity contribution in [3.63, 3.8) is 0 Å². The van der Waals surface area contributed by atoms with Gasteiger partial charge in [-0.2, -0.15) is 0 Å². The van der Waals surface area contributed by atoms with Gasteiger partial charge in [0.1, 0.15) is 5.76 Å². The minimum absolute atomic E-state index is 0.0324. The molecule has 0 spiro atoms. The molecule has 4 rings (SSSR count). The highest BCUT2D eigenvalue weighted by molar-refractivity contribution is 6.51. The van der Waals surface area contributed by atoms with Crippen molar-refractivity contribution >= 4 is 34.7 Å². The average molecular weight is 427 g/mol. The van der Waals surface area contributed by atoms with Crippen molar-refractivity contribution in [2.75, 3.05) is 4.90 Å². The van der Waals surface area contributed by atoms with Crippen LogP contribution in [0.25, 0.3) is 5.76 Å². The Morgan fingerprint density at radius 2 is 1.83 bits per heavy atom. The van der Waals surface area contributed by atoms with E-state index in [1.165, 1.54) is 30.6 Å². The van der Waals surface area contributed by atoms with Crippen LogP contribution in [-0.4, -0.2) is 21.8 Å². The molecule has 0 radical (unpaired) electrons. The van der Waals surface area contributed by atoms with E-state index in [2.05, 4.69) is 4.98 Å². The fraction of sp³-hybridized carbons (Fsp3) is 0.0455. The minimum atomic E-state index is -1.17. The molecule has 30 heavy (non-hydrogen) atoms. The summed E-state index contributed by atoms with van der Waals surface area (Å²) >= 11 is 5.99. The SMILES string of the molecule is O=C1C(=O)N(c2ccc(F)c(F)c2)C(c2cccnc2)/C1=C(\O)c1cccc(Cl)c1. The number of pyridine rings is 1. The van der Waals surface area contributed by atoms with Gasteiger partial charge in [-0.15, -0.1) is 0 Å². The quantitative estimate of drug-likeness (QED) is 0.376. The summed E-state index contributed by atoms with van der Waals surface area (Å²) in [7, 11) is 0. The number of carbonyl (C=O) groups excluding carboxylic acids is 2. The summed E-state index contributed by atoms with van der Waals surface area (Å²) in [6.07, 6.45) is 2.93. The zero-order valence-electron chi connectivity index (χ0n) is 15.2. The molecule has 8 heteroatoms. The first-order valence-corrected chi connectivity index (χ1v) is 9.18. The Balaban J connectivity index is 1.96. The van der Waals surface area contributed by atoms with Gasteiger partial charge in [-0.05, 0) is 35.9 Å². The summed E-state index contributed by atoms with van der Waals surface area (Å²) in [6.45, 7) is 0. The predicted octanol–water partition coefficient (Wildman–Crippen LogP) is 4.64. The molecule has 150 valence electrons. The largest absolute Gasteiger partial charge is 0.507 e. The van der Waals surface area contributed by atoms with E-state index in [-0.39, 0.29) is 16.8 Å². The molecule has 1 atom stereocenters. The van der Waals surface area contributed by atoms with Crippen LogP contribution in [0.3, 0.4) is 0 Å². The number of carbonyl (C=O) groups is 2. The number of halogens is 3. The number of rotatable bonds is 3. The van der Waals surface area contributed by atoms with Gasteiger partial charge in [-0.3, -0.25) is 19.5 Å². The first kappa shape index (κ1) is 19.7. The van der Waals surface area contributed by atoms with E-state index < -0.39 is 35.1 Å². The third-order valence-electron chi connectivity index (χ3n) is 4.72. The number of aliphatic hydroxyl groups excluding tert-OH is 1. The molecule has 1 saturated heterocycles. The first-order chi connectivity index (χ1) is 14.4. The summed E-state index contributed by atoms with van der Waals surface area (Å²) in [5.41, 5.74) is 0.402. The fourth-order valence-electron chi connectivity index (χ4n) is 3.38. The van der Waals surface area contributed by atoms with Crippen molar-refractivity contribution in [1.82, 2.24) is 4.98 Å². The van der Waals surface area contributed by atoms with Gasteiger partial charge in [0.15, 0.2) is 11.6 Å². The Kier molecular flexibility index (Phi) is 5.05. The molecule has 1 amide bonds. The number of hydrogen-bond donors (Lipinski definition) is 1. The second-order valence-corrected chi connectivity index (χ2v) is 7.00. The standard InChI is InChI=1S/C22H13ClF2N2O3/c23-14-5-1-3-12(9-14)20(28)18-19(13-4-2-8-26-11-13)27(22(30)21(18)29)15-6-7-16(24)17(25)10-15/h1-11,19,28H/b20-18+. The normalized spacial score (nSPS) is 18.1. The number of nitrogens with zero attached hydrogens (tertiary/aromatic N) is 2. The summed E-state index contributed by atoms with van der Waals surface area (Å²) in [5.74, 6) is -4.65. The summed E-state index contributed by atoms with van der Waals surface area (Å²) in [4.78, 5) is 30.8. The maximum atomic E-state index is 13.9. The lowest BCUT2D eigenvalue weighted by Crippen LogP contribution is -2.29. The van der Waals surface area contributed by atoms with Crippen molar-refractivity contribution in [3.8, 4) is 0 Å². The molecule has 1 unspecified atom stereocenters. The second-order valence-electron chi connectivity index (χ2n) is 6.56. The number of aromatic nitrogens is 1. The number of benzene rings is 2. The van der Waals surface area contributed by atoms with E-state index in [4.69, 9.17) is 11.6 Å². The zero-order chi connectivity index (χ0) is 21.4. The van der Waals surface area contributed by atoms with Crippen LogP contribution in [0.1, 0.15) is 17.2 Å². The molecule has 2 heterocycles. The molecule has 1 aliphatic rings. The Bertz CT molecular complexity index is 1200. The molecule has 1 aliphatic heterocycles. The number of anilines is 1. The first-order valence-electron chi connectivity index (χ1n) is 8.80. The number of ketones is 1. The van der Waals surface area contributed by atoms with Crippen LogP contribution in [0.15, 0.2) is 72.6 Å². The Morgan fingerprint density at radius 1 is 1.03 bits per heavy atom. The van der Waals surface area contributed by atoms with Crippen LogP contribution in [-0.2, 0) is 9.59 Å². The lowest BCUT2D eigenvalue weighted by atomic mass is 9.96. The number of hydrogen-bond acceptors (Lipinski definition) is 4. The molecule has 1 N–H and O–H groups in total. The lowest BCUT2D eigenvalue weighted by Gasteiger charge is -2.25. The van der Waals surface area contributed by atoms with Gasteiger partial charge in [-0.1, -0.05) is 29.8 Å². The van der Waals surface area contributed by atoms with Gasteiger partial charge >= 0.3 is 0 Å². The molecule has 3 aromatic rings. The van der Waals surface area contributed by atoms with E-state index in [9.17, 15) is 23.5 Å². The van der Waals surface area contributed by atoms with Crippen molar-refractivity contribution in [3.05, 3.63) is 100 Å². The Morgan fingerprint density at radius 3 is 2.50 bits per heavy atom. The third-order valence-corrected chi connectivity index (χ3v) is 4.96. The van der Waals surface area contributed by atoms with Gasteiger partial charge < -0.3 is 5.11 Å². The Labute approximate surface area is 174 Å². The minimum Gasteiger partial charge on any atom is -0.507 e. The van der Waals surface area contributed by atoms with Crippen LogP contribution >= 0.6 is 11.6 Å². The highest BCUT2D eigenvalue weighted by Gasteiger charge is 2.47. The summed E-state index contributed by atoms with van der Waals surface area (Å²) in [6, 6.07) is 11.1. The topological polar surface area (TPSA) is 70.5 Å². The number of aliphatic hydroxyl groups is 1. The molecule has 5 nitrogen and oxygen atoms in total. The van der Waals surface area contributed by atoms with Gasteiger partial charge in [0, 0.05) is 34.7 Å². The van der Waals surface area contributed by atoms with Gasteiger partial charge in [0.25, 0.3) is 11.7 Å². The van der Waals surface area contributed by atoms with E-state index in [1.807, 2.05) is 0 Å². The van der Waals surface area contributed by atoms with Crippen LogP contribution in [0, 0.1) is 11.6 Å². The summed E-state index contributed by atoms with van der Waals surface area (Å²) < 4.78 is 27.3. The molecular formula is C22H13ClF2N2O3. The molecule has 2 aromatic carbocycles.